The maximum absolute atomic E-state index is 12.7. The fourth-order valence-electron chi connectivity index (χ4n) is 4.67. The van der Waals surface area contributed by atoms with Crippen molar-refractivity contribution in [2.24, 2.45) is 0 Å². The molecule has 4 rings (SSSR count). The Morgan fingerprint density at radius 2 is 1.56 bits per heavy atom. The van der Waals surface area contributed by atoms with Crippen LogP contribution in [0.4, 0.5) is 4.79 Å². The number of rotatable bonds is 3. The van der Waals surface area contributed by atoms with Crippen LogP contribution in [-0.2, 0) is 20.9 Å². The Morgan fingerprint density at radius 3 is 2.17 bits per heavy atom. The fraction of sp³-hybridized carbons (Fsp3) is 0.667. The van der Waals surface area contributed by atoms with E-state index >= 15 is 0 Å². The first-order chi connectivity index (χ1) is 17.2. The molecule has 3 saturated heterocycles. The Kier molecular flexibility index (Phi) is 10.7. The molecule has 3 heterocycles. The van der Waals surface area contributed by atoms with E-state index in [1.165, 1.54) is 5.56 Å². The predicted molar refractivity (Wildman–Crippen MR) is 139 cm³/mol. The summed E-state index contributed by atoms with van der Waals surface area (Å²) in [6.07, 6.45) is 3.39. The van der Waals surface area contributed by atoms with Crippen LogP contribution in [0.3, 0.4) is 0 Å². The zero-order valence-corrected chi connectivity index (χ0v) is 22.1. The number of piperidine rings is 1. The number of carbonyl (C=O) groups excluding carboxylic acids is 3. The van der Waals surface area contributed by atoms with E-state index in [1.807, 2.05) is 31.7 Å². The summed E-state index contributed by atoms with van der Waals surface area (Å²) in [5, 5.41) is 0. The van der Waals surface area contributed by atoms with Gasteiger partial charge in [-0.2, -0.15) is 0 Å². The number of Topliss-reactive ketones (excluding diaryl/α,β-unsaturated/α-hetero) is 1. The van der Waals surface area contributed by atoms with Crippen LogP contribution in [0.25, 0.3) is 0 Å². The van der Waals surface area contributed by atoms with Gasteiger partial charge in [-0.3, -0.25) is 25.3 Å². The third kappa shape index (κ3) is 9.52. The van der Waals surface area contributed by atoms with Crippen LogP contribution in [-0.4, -0.2) is 89.9 Å². The van der Waals surface area contributed by atoms with Crippen molar-refractivity contribution < 1.29 is 19.1 Å². The molecule has 0 radical (unpaired) electrons. The van der Waals surface area contributed by atoms with Crippen LogP contribution in [0.2, 0.25) is 0 Å². The van der Waals surface area contributed by atoms with Crippen LogP contribution in [0.1, 0.15) is 58.4 Å². The third-order valence-electron chi connectivity index (χ3n) is 6.61. The summed E-state index contributed by atoms with van der Waals surface area (Å²) in [4.78, 5) is 41.8. The van der Waals surface area contributed by atoms with Crippen molar-refractivity contribution in [3.05, 3.63) is 35.9 Å². The van der Waals surface area contributed by atoms with Crippen molar-refractivity contribution in [1.82, 2.24) is 25.6 Å². The first-order valence-corrected chi connectivity index (χ1v) is 13.2. The molecule has 1 aromatic rings. The first-order valence-electron chi connectivity index (χ1n) is 13.2. The second-order valence-corrected chi connectivity index (χ2v) is 10.7. The molecule has 1 aromatic carbocycles. The summed E-state index contributed by atoms with van der Waals surface area (Å²) in [5.41, 5.74) is 6.63. The lowest BCUT2D eigenvalue weighted by Gasteiger charge is -2.38. The Bertz CT molecular complexity index is 839. The number of hydrogen-bond acceptors (Lipinski definition) is 7. The second kappa shape index (κ2) is 13.7. The van der Waals surface area contributed by atoms with Gasteiger partial charge in [-0.1, -0.05) is 30.3 Å². The minimum Gasteiger partial charge on any atom is -0.444 e. The SMILES string of the molecule is CC(C)(C)OC(=O)N1CCC(=O)N(C2CCN(Cc3ccccc3)CC2)CC1.O=C1CCNNCC1. The van der Waals surface area contributed by atoms with Gasteiger partial charge in [0.05, 0.1) is 0 Å². The molecule has 3 aliphatic heterocycles. The lowest BCUT2D eigenvalue weighted by atomic mass is 10.0. The van der Waals surface area contributed by atoms with E-state index in [4.69, 9.17) is 4.74 Å². The highest BCUT2D eigenvalue weighted by atomic mass is 16.6. The van der Waals surface area contributed by atoms with Crippen LogP contribution >= 0.6 is 0 Å². The van der Waals surface area contributed by atoms with E-state index in [2.05, 4.69) is 40.0 Å². The number of hydrogen-bond donors (Lipinski definition) is 2. The minimum absolute atomic E-state index is 0.160. The van der Waals surface area contributed by atoms with Gasteiger partial charge in [0.2, 0.25) is 5.91 Å². The van der Waals surface area contributed by atoms with E-state index < -0.39 is 5.60 Å². The van der Waals surface area contributed by atoms with Crippen LogP contribution in [0, 0.1) is 0 Å². The van der Waals surface area contributed by atoms with Crippen molar-refractivity contribution in [3.63, 3.8) is 0 Å². The zero-order valence-electron chi connectivity index (χ0n) is 22.1. The predicted octanol–water partition coefficient (Wildman–Crippen LogP) is 2.56. The molecular weight excluding hydrogens is 458 g/mol. The molecule has 9 heteroatoms. The van der Waals surface area contributed by atoms with Crippen molar-refractivity contribution in [2.45, 2.75) is 71.1 Å². The molecule has 2 N–H and O–H groups in total. The molecule has 3 aliphatic rings. The van der Waals surface area contributed by atoms with Crippen LogP contribution in [0.15, 0.2) is 30.3 Å². The van der Waals surface area contributed by atoms with Crippen molar-refractivity contribution >= 4 is 17.8 Å². The number of ketones is 1. The molecule has 2 amide bonds. The van der Waals surface area contributed by atoms with Gasteiger partial charge in [-0.05, 0) is 39.2 Å². The molecule has 0 aromatic heterocycles. The topological polar surface area (TPSA) is 94.2 Å². The summed E-state index contributed by atoms with van der Waals surface area (Å²) < 4.78 is 5.47. The minimum atomic E-state index is -0.515. The zero-order chi connectivity index (χ0) is 26.0. The summed E-state index contributed by atoms with van der Waals surface area (Å²) in [5.74, 6) is 0.509. The molecular formula is C27H43N5O4. The second-order valence-electron chi connectivity index (χ2n) is 10.7. The van der Waals surface area contributed by atoms with Gasteiger partial charge in [0.1, 0.15) is 11.4 Å². The smallest absolute Gasteiger partial charge is 0.410 e. The molecule has 9 nitrogen and oxygen atoms in total. The Morgan fingerprint density at radius 1 is 0.917 bits per heavy atom. The van der Waals surface area contributed by atoms with E-state index in [0.717, 1.165) is 45.6 Å². The van der Waals surface area contributed by atoms with Gasteiger partial charge in [0, 0.05) is 77.7 Å². The molecule has 36 heavy (non-hydrogen) atoms. The van der Waals surface area contributed by atoms with Crippen LogP contribution < -0.4 is 10.9 Å². The van der Waals surface area contributed by atoms with Gasteiger partial charge in [-0.25, -0.2) is 4.79 Å². The highest BCUT2D eigenvalue weighted by Gasteiger charge is 2.32. The molecule has 0 atom stereocenters. The third-order valence-corrected chi connectivity index (χ3v) is 6.61. The van der Waals surface area contributed by atoms with Gasteiger partial charge >= 0.3 is 6.09 Å². The Balaban J connectivity index is 0.000000383. The van der Waals surface area contributed by atoms with Crippen molar-refractivity contribution in [1.29, 1.82) is 0 Å². The molecule has 0 aliphatic carbocycles. The van der Waals surface area contributed by atoms with E-state index in [-0.39, 0.29) is 18.0 Å². The van der Waals surface area contributed by atoms with E-state index in [9.17, 15) is 14.4 Å². The number of amides is 2. The number of hydrazine groups is 1. The maximum Gasteiger partial charge on any atom is 0.410 e. The molecule has 0 spiro atoms. The Hall–Kier alpha value is -2.49. The van der Waals surface area contributed by atoms with Gasteiger partial charge in [0.25, 0.3) is 0 Å². The highest BCUT2D eigenvalue weighted by Crippen LogP contribution is 2.21. The monoisotopic (exact) mass is 501 g/mol. The number of nitrogens with zero attached hydrogens (tertiary/aromatic N) is 3. The summed E-state index contributed by atoms with van der Waals surface area (Å²) in [6.45, 7) is 11.7. The van der Waals surface area contributed by atoms with Gasteiger partial charge in [-0.15, -0.1) is 0 Å². The van der Waals surface area contributed by atoms with E-state index in [0.29, 0.717) is 44.7 Å². The average molecular weight is 502 g/mol. The molecule has 200 valence electrons. The average Bonchev–Trinajstić information content (AvgIpc) is 3.20. The summed E-state index contributed by atoms with van der Waals surface area (Å²) in [7, 11) is 0. The van der Waals surface area contributed by atoms with E-state index in [1.54, 1.807) is 4.90 Å². The van der Waals surface area contributed by atoms with Gasteiger partial charge < -0.3 is 14.5 Å². The number of carbonyl (C=O) groups is 3. The lowest BCUT2D eigenvalue weighted by Crippen LogP contribution is -2.48. The van der Waals surface area contributed by atoms with Crippen molar-refractivity contribution in [2.75, 3.05) is 45.8 Å². The lowest BCUT2D eigenvalue weighted by molar-refractivity contribution is -0.133. The highest BCUT2D eigenvalue weighted by molar-refractivity contribution is 5.79. The number of nitrogens with one attached hydrogen (secondary N) is 2. The molecule has 3 fully saturated rings. The number of likely N-dealkylation sites (tertiary alicyclic amines) is 1. The molecule has 0 unspecified atom stereocenters. The number of ether oxygens (including phenoxy) is 1. The Labute approximate surface area is 215 Å². The van der Waals surface area contributed by atoms with Crippen molar-refractivity contribution in [3.8, 4) is 0 Å². The largest absolute Gasteiger partial charge is 0.444 e. The standard InChI is InChI=1S/C22H33N3O3.C5H10N2O/c1-22(2,3)28-21(27)24-14-11-20(26)25(16-15-24)19-9-12-23(13-10-19)17-18-7-5-4-6-8-18;8-5-1-3-6-7-4-2-5/h4-8,19H,9-17H2,1-3H3;6-7H,1-4H2. The molecule has 0 bridgehead atoms. The first kappa shape index (κ1) is 28.1. The van der Waals surface area contributed by atoms with Gasteiger partial charge in [0.15, 0.2) is 0 Å². The molecule has 0 saturated carbocycles. The summed E-state index contributed by atoms with van der Waals surface area (Å²) in [6, 6.07) is 10.8. The summed E-state index contributed by atoms with van der Waals surface area (Å²) >= 11 is 0. The maximum atomic E-state index is 12.7. The quantitative estimate of drug-likeness (QED) is 0.657. The van der Waals surface area contributed by atoms with Crippen LogP contribution in [0.5, 0.6) is 0 Å². The normalized spacial score (nSPS) is 20.8. The fourth-order valence-corrected chi connectivity index (χ4v) is 4.67. The number of benzene rings is 1.